The molecule has 0 aromatic carbocycles. The molecule has 166 valence electrons. The second-order valence-electron chi connectivity index (χ2n) is 7.95. The van der Waals surface area contributed by atoms with Crippen LogP contribution >= 0.6 is 35.7 Å². The smallest absolute Gasteiger partial charge is 0.191 e. The molecule has 2 heterocycles. The molecule has 6 nitrogen and oxygen atoms in total. The van der Waals surface area contributed by atoms with Crippen LogP contribution in [0.5, 0.6) is 0 Å². The van der Waals surface area contributed by atoms with Crippen LogP contribution in [0.1, 0.15) is 40.5 Å². The van der Waals surface area contributed by atoms with E-state index in [9.17, 15) is 0 Å². The normalized spacial score (nSPS) is 23.3. The van der Waals surface area contributed by atoms with E-state index in [1.54, 1.807) is 0 Å². The van der Waals surface area contributed by atoms with E-state index in [1.165, 1.54) is 0 Å². The summed E-state index contributed by atoms with van der Waals surface area (Å²) in [6, 6.07) is 0. The molecule has 1 atom stereocenters. The SMILES string of the molecule is CCNC(=NCC1(SCC)CCOCC1)NCC1CN(CC(C)C)CCO1.I. The van der Waals surface area contributed by atoms with E-state index < -0.39 is 0 Å². The summed E-state index contributed by atoms with van der Waals surface area (Å²) in [4.78, 5) is 7.44. The highest BCUT2D eigenvalue weighted by Gasteiger charge is 2.32. The summed E-state index contributed by atoms with van der Waals surface area (Å²) in [5.74, 6) is 2.73. The lowest BCUT2D eigenvalue weighted by atomic mass is 9.99. The second-order valence-corrected chi connectivity index (χ2v) is 9.68. The molecule has 0 spiro atoms. The third-order valence-electron chi connectivity index (χ3n) is 5.07. The molecule has 0 aromatic rings. The van der Waals surface area contributed by atoms with Gasteiger partial charge in [0, 0.05) is 50.7 Å². The predicted octanol–water partition coefficient (Wildman–Crippen LogP) is 2.82. The van der Waals surface area contributed by atoms with E-state index in [2.05, 4.69) is 43.2 Å². The van der Waals surface area contributed by atoms with Gasteiger partial charge in [-0.1, -0.05) is 20.8 Å². The minimum Gasteiger partial charge on any atom is -0.381 e. The van der Waals surface area contributed by atoms with Gasteiger partial charge < -0.3 is 20.1 Å². The average Bonchev–Trinajstić information content (AvgIpc) is 2.65. The second kappa shape index (κ2) is 14.3. The van der Waals surface area contributed by atoms with E-state index in [1.807, 2.05) is 11.8 Å². The van der Waals surface area contributed by atoms with Gasteiger partial charge in [0.1, 0.15) is 0 Å². The van der Waals surface area contributed by atoms with Crippen molar-refractivity contribution in [2.24, 2.45) is 10.9 Å². The van der Waals surface area contributed by atoms with Gasteiger partial charge in [-0.15, -0.1) is 24.0 Å². The molecule has 2 N–H and O–H groups in total. The Hall–Kier alpha value is 0.230. The van der Waals surface area contributed by atoms with E-state index in [0.717, 1.165) is 83.6 Å². The predicted molar refractivity (Wildman–Crippen MR) is 131 cm³/mol. The van der Waals surface area contributed by atoms with Crippen molar-refractivity contribution >= 4 is 41.7 Å². The number of morpholine rings is 1. The van der Waals surface area contributed by atoms with Gasteiger partial charge in [-0.2, -0.15) is 11.8 Å². The molecule has 0 aromatic heterocycles. The number of ether oxygens (including phenoxy) is 2. The topological polar surface area (TPSA) is 58.1 Å². The van der Waals surface area contributed by atoms with Crippen LogP contribution in [0, 0.1) is 5.92 Å². The molecule has 2 aliphatic rings. The molecule has 2 fully saturated rings. The number of hydrogen-bond donors (Lipinski definition) is 2. The van der Waals surface area contributed by atoms with Crippen LogP contribution in [0.25, 0.3) is 0 Å². The zero-order valence-corrected chi connectivity index (χ0v) is 21.3. The number of rotatable bonds is 9. The minimum absolute atomic E-state index is 0. The molecule has 8 heteroatoms. The number of halogens is 1. The molecule has 0 amide bonds. The van der Waals surface area contributed by atoms with Crippen molar-refractivity contribution in [1.82, 2.24) is 15.5 Å². The Kier molecular flexibility index (Phi) is 13.4. The number of nitrogens with zero attached hydrogens (tertiary/aromatic N) is 2. The zero-order valence-electron chi connectivity index (χ0n) is 18.2. The zero-order chi connectivity index (χ0) is 19.5. The first-order chi connectivity index (χ1) is 13.1. The lowest BCUT2D eigenvalue weighted by Crippen LogP contribution is -2.50. The molecule has 2 rings (SSSR count). The number of guanidine groups is 1. The van der Waals surface area contributed by atoms with Crippen molar-refractivity contribution in [2.45, 2.75) is 51.4 Å². The van der Waals surface area contributed by atoms with Crippen LogP contribution in [0.15, 0.2) is 4.99 Å². The van der Waals surface area contributed by atoms with Crippen LogP contribution in [-0.2, 0) is 9.47 Å². The number of thioether (sulfide) groups is 1. The van der Waals surface area contributed by atoms with Crippen LogP contribution in [0.2, 0.25) is 0 Å². The molecule has 2 saturated heterocycles. The fourth-order valence-corrected chi connectivity index (χ4v) is 4.98. The van der Waals surface area contributed by atoms with E-state index in [4.69, 9.17) is 14.5 Å². The van der Waals surface area contributed by atoms with Crippen molar-refractivity contribution in [2.75, 3.05) is 64.8 Å². The largest absolute Gasteiger partial charge is 0.381 e. The Morgan fingerprint density at radius 3 is 2.61 bits per heavy atom. The average molecular weight is 529 g/mol. The number of hydrogen-bond acceptors (Lipinski definition) is 5. The Labute approximate surface area is 193 Å². The first-order valence-electron chi connectivity index (χ1n) is 10.6. The minimum atomic E-state index is 0. The highest BCUT2D eigenvalue weighted by molar-refractivity contribution is 14.0. The van der Waals surface area contributed by atoms with E-state index >= 15 is 0 Å². The summed E-state index contributed by atoms with van der Waals surface area (Å²) < 4.78 is 11.8. The van der Waals surface area contributed by atoms with Gasteiger partial charge in [-0.3, -0.25) is 9.89 Å². The number of aliphatic imine (C=N–C) groups is 1. The van der Waals surface area contributed by atoms with Crippen LogP contribution in [-0.4, -0.2) is 86.6 Å². The lowest BCUT2D eigenvalue weighted by Gasteiger charge is -2.35. The van der Waals surface area contributed by atoms with Crippen molar-refractivity contribution in [3.8, 4) is 0 Å². The summed E-state index contributed by atoms with van der Waals surface area (Å²) in [5.41, 5.74) is 0. The van der Waals surface area contributed by atoms with Crippen LogP contribution in [0.3, 0.4) is 0 Å². The maximum atomic E-state index is 5.96. The fraction of sp³-hybridized carbons (Fsp3) is 0.950. The Bertz CT molecular complexity index is 442. The summed E-state index contributed by atoms with van der Waals surface area (Å²) in [6.45, 7) is 17.1. The van der Waals surface area contributed by atoms with Crippen molar-refractivity contribution in [3.63, 3.8) is 0 Å². The third kappa shape index (κ3) is 9.36. The van der Waals surface area contributed by atoms with Crippen LogP contribution in [0.4, 0.5) is 0 Å². The van der Waals surface area contributed by atoms with Gasteiger partial charge in [0.25, 0.3) is 0 Å². The highest BCUT2D eigenvalue weighted by atomic mass is 127. The maximum absolute atomic E-state index is 5.96. The van der Waals surface area contributed by atoms with Crippen molar-refractivity contribution < 1.29 is 9.47 Å². The summed E-state index contributed by atoms with van der Waals surface area (Å²) in [7, 11) is 0. The standard InChI is InChI=1S/C20H40N4O2S.HI/c1-5-21-19(23-16-20(27-6-2)7-10-25-11-8-20)22-13-18-15-24(9-12-26-18)14-17(3)4;/h17-18H,5-16H2,1-4H3,(H2,21,22,23);1H. The molecule has 28 heavy (non-hydrogen) atoms. The Morgan fingerprint density at radius 2 is 1.96 bits per heavy atom. The van der Waals surface area contributed by atoms with Gasteiger partial charge in [-0.25, -0.2) is 0 Å². The van der Waals surface area contributed by atoms with Gasteiger partial charge in [0.2, 0.25) is 0 Å². The lowest BCUT2D eigenvalue weighted by molar-refractivity contribution is -0.0284. The molecule has 0 radical (unpaired) electrons. The summed E-state index contributed by atoms with van der Waals surface area (Å²) >= 11 is 2.04. The van der Waals surface area contributed by atoms with Crippen molar-refractivity contribution in [1.29, 1.82) is 0 Å². The molecule has 0 aliphatic carbocycles. The van der Waals surface area contributed by atoms with E-state index in [0.29, 0.717) is 5.92 Å². The summed E-state index contributed by atoms with van der Waals surface area (Å²) in [5, 5.41) is 6.90. The molecular formula is C20H41IN4O2S. The molecule has 0 saturated carbocycles. The Morgan fingerprint density at radius 1 is 1.21 bits per heavy atom. The maximum Gasteiger partial charge on any atom is 0.191 e. The van der Waals surface area contributed by atoms with Gasteiger partial charge in [0.15, 0.2) is 5.96 Å². The number of nitrogens with one attached hydrogen (secondary N) is 2. The molecular weight excluding hydrogens is 487 g/mol. The first kappa shape index (κ1) is 26.3. The van der Waals surface area contributed by atoms with E-state index in [-0.39, 0.29) is 34.8 Å². The third-order valence-corrected chi connectivity index (χ3v) is 6.51. The Balaban J connectivity index is 0.00000392. The molecule has 1 unspecified atom stereocenters. The molecule has 0 bridgehead atoms. The monoisotopic (exact) mass is 528 g/mol. The first-order valence-corrected chi connectivity index (χ1v) is 11.6. The fourth-order valence-electron chi connectivity index (χ4n) is 3.76. The van der Waals surface area contributed by atoms with Gasteiger partial charge >= 0.3 is 0 Å². The van der Waals surface area contributed by atoms with Crippen LogP contribution < -0.4 is 10.6 Å². The summed E-state index contributed by atoms with van der Waals surface area (Å²) in [6.07, 6.45) is 2.40. The highest BCUT2D eigenvalue weighted by Crippen LogP contribution is 2.35. The molecule has 2 aliphatic heterocycles. The van der Waals surface area contributed by atoms with Gasteiger partial charge in [0.05, 0.1) is 19.3 Å². The van der Waals surface area contributed by atoms with Crippen molar-refractivity contribution in [3.05, 3.63) is 0 Å². The quantitative estimate of drug-likeness (QED) is 0.273. The van der Waals surface area contributed by atoms with Gasteiger partial charge in [-0.05, 0) is 31.4 Å².